The van der Waals surface area contributed by atoms with Crippen LogP contribution in [0.2, 0.25) is 0 Å². The van der Waals surface area contributed by atoms with Gasteiger partial charge in [-0.1, -0.05) is 12.2 Å². The Morgan fingerprint density at radius 1 is 1.40 bits per heavy atom. The van der Waals surface area contributed by atoms with Crippen molar-refractivity contribution in [3.8, 4) is 5.75 Å². The molecule has 1 amide bonds. The molecule has 1 aromatic carbocycles. The van der Waals surface area contributed by atoms with Crippen molar-refractivity contribution in [2.24, 2.45) is 5.73 Å². The van der Waals surface area contributed by atoms with Crippen LogP contribution >= 0.6 is 12.2 Å². The monoisotopic (exact) mass is 295 g/mol. The van der Waals surface area contributed by atoms with Crippen molar-refractivity contribution < 1.29 is 9.53 Å². The molecule has 0 bridgehead atoms. The van der Waals surface area contributed by atoms with Crippen molar-refractivity contribution in [1.29, 1.82) is 0 Å². The van der Waals surface area contributed by atoms with Crippen molar-refractivity contribution in [2.75, 3.05) is 27.2 Å². The van der Waals surface area contributed by atoms with E-state index in [1.165, 1.54) is 0 Å². The van der Waals surface area contributed by atoms with Gasteiger partial charge in [0.1, 0.15) is 10.7 Å². The zero-order chi connectivity index (χ0) is 15.1. The first kappa shape index (κ1) is 16.4. The molecule has 0 fully saturated rings. The van der Waals surface area contributed by atoms with E-state index in [2.05, 4.69) is 5.32 Å². The molecular weight excluding hydrogens is 274 g/mol. The molecule has 0 aromatic heterocycles. The van der Waals surface area contributed by atoms with Crippen molar-refractivity contribution >= 4 is 23.1 Å². The number of nitrogens with one attached hydrogen (secondary N) is 1. The summed E-state index contributed by atoms with van der Waals surface area (Å²) in [6, 6.07) is 7.30. The van der Waals surface area contributed by atoms with Gasteiger partial charge in [-0.2, -0.15) is 0 Å². The van der Waals surface area contributed by atoms with Crippen LogP contribution in [-0.4, -0.2) is 49.1 Å². The van der Waals surface area contributed by atoms with Gasteiger partial charge < -0.3 is 20.7 Å². The summed E-state index contributed by atoms with van der Waals surface area (Å²) in [4.78, 5) is 14.0. The van der Waals surface area contributed by atoms with Gasteiger partial charge in [0.05, 0.1) is 0 Å². The molecule has 1 unspecified atom stereocenters. The van der Waals surface area contributed by atoms with E-state index in [4.69, 9.17) is 22.7 Å². The molecule has 6 heteroatoms. The second kappa shape index (κ2) is 7.81. The summed E-state index contributed by atoms with van der Waals surface area (Å²) in [5.74, 6) is 0.470. The molecule has 0 aliphatic carbocycles. The number of likely N-dealkylation sites (N-methyl/N-ethyl adjacent to an activating group) is 1. The summed E-state index contributed by atoms with van der Waals surface area (Å²) in [5, 5.41) is 2.82. The van der Waals surface area contributed by atoms with Crippen LogP contribution in [0, 0.1) is 0 Å². The van der Waals surface area contributed by atoms with E-state index in [0.29, 0.717) is 17.3 Å². The number of nitrogens with two attached hydrogens (primary N) is 1. The normalized spacial score (nSPS) is 12.0. The molecule has 0 spiro atoms. The quantitative estimate of drug-likeness (QED) is 0.727. The zero-order valence-corrected chi connectivity index (χ0v) is 12.9. The largest absolute Gasteiger partial charge is 0.484 e. The number of carbonyl (C=O) groups is 1. The predicted molar refractivity (Wildman–Crippen MR) is 84.0 cm³/mol. The Labute approximate surface area is 125 Å². The average Bonchev–Trinajstić information content (AvgIpc) is 2.42. The summed E-state index contributed by atoms with van der Waals surface area (Å²) < 4.78 is 5.39. The summed E-state index contributed by atoms with van der Waals surface area (Å²) >= 11 is 4.86. The minimum Gasteiger partial charge on any atom is -0.484 e. The average molecular weight is 295 g/mol. The molecule has 110 valence electrons. The van der Waals surface area contributed by atoms with E-state index < -0.39 is 0 Å². The highest BCUT2D eigenvalue weighted by Gasteiger charge is 2.07. The first-order chi connectivity index (χ1) is 9.40. The number of hydrogen-bond donors (Lipinski definition) is 2. The number of ether oxygens (including phenoxy) is 1. The van der Waals surface area contributed by atoms with Crippen LogP contribution < -0.4 is 15.8 Å². The highest BCUT2D eigenvalue weighted by atomic mass is 32.1. The van der Waals surface area contributed by atoms with Crippen LogP contribution in [-0.2, 0) is 4.79 Å². The maximum Gasteiger partial charge on any atom is 0.257 e. The SMILES string of the molecule is CC(CNC(=O)COc1ccc(C(N)=S)cc1)N(C)C. The third-order valence-corrected chi connectivity index (χ3v) is 3.22. The fourth-order valence-corrected chi connectivity index (χ4v) is 1.50. The molecule has 0 saturated carbocycles. The van der Waals surface area contributed by atoms with Crippen molar-refractivity contribution in [3.05, 3.63) is 29.8 Å². The molecule has 1 atom stereocenters. The van der Waals surface area contributed by atoms with Gasteiger partial charge in [-0.15, -0.1) is 0 Å². The molecule has 5 nitrogen and oxygen atoms in total. The molecule has 0 saturated heterocycles. The van der Waals surface area contributed by atoms with Gasteiger partial charge in [0.2, 0.25) is 0 Å². The Hall–Kier alpha value is -1.66. The van der Waals surface area contributed by atoms with Gasteiger partial charge in [-0.3, -0.25) is 4.79 Å². The van der Waals surface area contributed by atoms with Gasteiger partial charge in [0.25, 0.3) is 5.91 Å². The number of benzene rings is 1. The molecule has 0 aliphatic rings. The van der Waals surface area contributed by atoms with Crippen LogP contribution in [0.4, 0.5) is 0 Å². The fraction of sp³-hybridized carbons (Fsp3) is 0.429. The molecule has 20 heavy (non-hydrogen) atoms. The van der Waals surface area contributed by atoms with E-state index in [1.54, 1.807) is 24.3 Å². The van der Waals surface area contributed by atoms with Gasteiger partial charge in [-0.05, 0) is 45.3 Å². The number of thiocarbonyl (C=S) groups is 1. The van der Waals surface area contributed by atoms with Crippen LogP contribution in [0.25, 0.3) is 0 Å². The summed E-state index contributed by atoms with van der Waals surface area (Å²) in [6.07, 6.45) is 0. The maximum absolute atomic E-state index is 11.6. The molecule has 0 aliphatic heterocycles. The number of carbonyl (C=O) groups excluding carboxylic acids is 1. The third-order valence-electron chi connectivity index (χ3n) is 2.98. The number of nitrogens with zero attached hydrogens (tertiary/aromatic N) is 1. The van der Waals surface area contributed by atoms with Gasteiger partial charge in [-0.25, -0.2) is 0 Å². The lowest BCUT2D eigenvalue weighted by Crippen LogP contribution is -2.40. The topological polar surface area (TPSA) is 67.6 Å². The number of hydrogen-bond acceptors (Lipinski definition) is 4. The summed E-state index contributed by atoms with van der Waals surface area (Å²) in [5.41, 5.74) is 6.28. The maximum atomic E-state index is 11.6. The molecule has 3 N–H and O–H groups in total. The predicted octanol–water partition coefficient (Wildman–Crippen LogP) is 0.766. The third kappa shape index (κ3) is 5.54. The second-order valence-corrected chi connectivity index (χ2v) is 5.23. The van der Waals surface area contributed by atoms with Crippen LogP contribution in [0.15, 0.2) is 24.3 Å². The minimum atomic E-state index is -0.142. The highest BCUT2D eigenvalue weighted by Crippen LogP contribution is 2.11. The summed E-state index contributed by atoms with van der Waals surface area (Å²) in [6.45, 7) is 2.62. The van der Waals surface area contributed by atoms with Crippen molar-refractivity contribution in [3.63, 3.8) is 0 Å². The lowest BCUT2D eigenvalue weighted by molar-refractivity contribution is -0.123. The number of rotatable bonds is 7. The van der Waals surface area contributed by atoms with E-state index in [9.17, 15) is 4.79 Å². The van der Waals surface area contributed by atoms with E-state index >= 15 is 0 Å². The lowest BCUT2D eigenvalue weighted by Gasteiger charge is -2.19. The molecule has 1 aromatic rings. The Kier molecular flexibility index (Phi) is 6.41. The molecule has 0 radical (unpaired) electrons. The van der Waals surface area contributed by atoms with Crippen LogP contribution in [0.5, 0.6) is 5.75 Å². The summed E-state index contributed by atoms with van der Waals surface area (Å²) in [7, 11) is 3.94. The van der Waals surface area contributed by atoms with Crippen LogP contribution in [0.3, 0.4) is 0 Å². The first-order valence-corrected chi connectivity index (χ1v) is 6.76. The molecule has 1 rings (SSSR count). The first-order valence-electron chi connectivity index (χ1n) is 6.36. The van der Waals surface area contributed by atoms with Crippen molar-refractivity contribution in [1.82, 2.24) is 10.2 Å². The Morgan fingerprint density at radius 3 is 2.50 bits per heavy atom. The standard InChI is InChI=1S/C14H21N3O2S/c1-10(17(2)3)8-16-13(18)9-19-12-6-4-11(5-7-12)14(15)20/h4-7,10H,8-9H2,1-3H3,(H2,15,20)(H,16,18). The smallest absolute Gasteiger partial charge is 0.257 e. The fourth-order valence-electron chi connectivity index (χ4n) is 1.36. The molecule has 0 heterocycles. The Morgan fingerprint density at radius 2 is 2.00 bits per heavy atom. The van der Waals surface area contributed by atoms with Gasteiger partial charge >= 0.3 is 0 Å². The molecular formula is C14H21N3O2S. The van der Waals surface area contributed by atoms with Gasteiger partial charge in [0, 0.05) is 18.2 Å². The Bertz CT molecular complexity index is 460. The zero-order valence-electron chi connectivity index (χ0n) is 12.1. The van der Waals surface area contributed by atoms with Crippen molar-refractivity contribution in [2.45, 2.75) is 13.0 Å². The van der Waals surface area contributed by atoms with Gasteiger partial charge in [0.15, 0.2) is 6.61 Å². The van der Waals surface area contributed by atoms with E-state index in [0.717, 1.165) is 5.56 Å². The minimum absolute atomic E-state index is 0.00737. The lowest BCUT2D eigenvalue weighted by atomic mass is 10.2. The van der Waals surface area contributed by atoms with E-state index in [-0.39, 0.29) is 18.6 Å². The van der Waals surface area contributed by atoms with E-state index in [1.807, 2.05) is 25.9 Å². The second-order valence-electron chi connectivity index (χ2n) is 4.79. The Balaban J connectivity index is 2.35. The van der Waals surface area contributed by atoms with Crippen LogP contribution in [0.1, 0.15) is 12.5 Å². The number of amides is 1. The highest BCUT2D eigenvalue weighted by molar-refractivity contribution is 7.80.